The Bertz CT molecular complexity index is 938. The quantitative estimate of drug-likeness (QED) is 0.776. The van der Waals surface area contributed by atoms with Gasteiger partial charge in [-0.25, -0.2) is 0 Å². The molecule has 0 aliphatic carbocycles. The fourth-order valence-corrected chi connectivity index (χ4v) is 2.58. The first-order valence-electron chi connectivity index (χ1n) is 7.67. The molecular formula is C17H15N5O3. The summed E-state index contributed by atoms with van der Waals surface area (Å²) in [5.74, 6) is 0.994. The minimum atomic E-state index is -0.221. The SMILES string of the molecule is Cn1cc(-c2nccnc2CNC(=O)c2ccc3c(c2)OCO3)cn1. The maximum atomic E-state index is 12.4. The van der Waals surface area contributed by atoms with E-state index in [0.29, 0.717) is 28.5 Å². The monoisotopic (exact) mass is 337 g/mol. The van der Waals surface area contributed by atoms with E-state index in [-0.39, 0.29) is 19.2 Å². The zero-order valence-electron chi connectivity index (χ0n) is 13.5. The summed E-state index contributed by atoms with van der Waals surface area (Å²) < 4.78 is 12.2. The number of nitrogens with one attached hydrogen (secondary N) is 1. The van der Waals surface area contributed by atoms with Gasteiger partial charge in [0.05, 0.1) is 24.1 Å². The molecule has 1 aromatic carbocycles. The van der Waals surface area contributed by atoms with Gasteiger partial charge in [0.2, 0.25) is 6.79 Å². The number of aryl methyl sites for hydroxylation is 1. The van der Waals surface area contributed by atoms with E-state index in [2.05, 4.69) is 20.4 Å². The lowest BCUT2D eigenvalue weighted by Gasteiger charge is -2.08. The van der Waals surface area contributed by atoms with Gasteiger partial charge < -0.3 is 14.8 Å². The van der Waals surface area contributed by atoms with Gasteiger partial charge in [0, 0.05) is 36.8 Å². The summed E-state index contributed by atoms with van der Waals surface area (Å²) in [4.78, 5) is 21.1. The van der Waals surface area contributed by atoms with Crippen molar-refractivity contribution < 1.29 is 14.3 Å². The largest absolute Gasteiger partial charge is 0.454 e. The normalized spacial score (nSPS) is 12.2. The zero-order valence-corrected chi connectivity index (χ0v) is 13.5. The first-order chi connectivity index (χ1) is 12.2. The molecule has 0 saturated heterocycles. The number of hydrogen-bond acceptors (Lipinski definition) is 6. The lowest BCUT2D eigenvalue weighted by Crippen LogP contribution is -2.23. The van der Waals surface area contributed by atoms with Crippen molar-refractivity contribution in [3.05, 3.63) is 54.2 Å². The maximum absolute atomic E-state index is 12.4. The standard InChI is InChI=1S/C17H15N5O3/c1-22-9-12(7-21-22)16-13(18-4-5-19-16)8-20-17(23)11-2-3-14-15(6-11)25-10-24-14/h2-7,9H,8,10H2,1H3,(H,20,23). The Morgan fingerprint density at radius 1 is 1.24 bits per heavy atom. The second-order valence-electron chi connectivity index (χ2n) is 5.51. The van der Waals surface area contributed by atoms with E-state index in [1.54, 1.807) is 41.5 Å². The van der Waals surface area contributed by atoms with E-state index in [0.717, 1.165) is 5.56 Å². The summed E-state index contributed by atoms with van der Waals surface area (Å²) in [5, 5.41) is 7.00. The third kappa shape index (κ3) is 3.01. The van der Waals surface area contributed by atoms with Crippen molar-refractivity contribution in [2.45, 2.75) is 6.54 Å². The number of nitrogens with zero attached hydrogens (tertiary/aromatic N) is 4. The van der Waals surface area contributed by atoms with Gasteiger partial charge in [-0.1, -0.05) is 0 Å². The molecule has 0 radical (unpaired) electrons. The molecule has 8 nitrogen and oxygen atoms in total. The number of ether oxygens (including phenoxy) is 2. The minimum absolute atomic E-state index is 0.175. The molecule has 0 unspecified atom stereocenters. The van der Waals surface area contributed by atoms with Gasteiger partial charge in [0.1, 0.15) is 0 Å². The smallest absolute Gasteiger partial charge is 0.251 e. The van der Waals surface area contributed by atoms with Crippen molar-refractivity contribution in [1.29, 1.82) is 0 Å². The van der Waals surface area contributed by atoms with E-state index >= 15 is 0 Å². The number of rotatable bonds is 4. The Hall–Kier alpha value is -3.42. The van der Waals surface area contributed by atoms with Crippen molar-refractivity contribution in [2.24, 2.45) is 7.05 Å². The van der Waals surface area contributed by atoms with Crippen LogP contribution in [0.4, 0.5) is 0 Å². The molecule has 0 fully saturated rings. The molecule has 0 spiro atoms. The Labute approximate surface area is 143 Å². The number of benzene rings is 1. The summed E-state index contributed by atoms with van der Waals surface area (Å²) in [6.45, 7) is 0.430. The molecule has 3 aromatic rings. The Kier molecular flexibility index (Phi) is 3.77. The fraction of sp³-hybridized carbons (Fsp3) is 0.176. The number of carbonyl (C=O) groups is 1. The molecule has 25 heavy (non-hydrogen) atoms. The molecule has 0 saturated carbocycles. The van der Waals surface area contributed by atoms with Crippen molar-refractivity contribution >= 4 is 5.91 Å². The molecule has 1 amide bonds. The minimum Gasteiger partial charge on any atom is -0.454 e. The van der Waals surface area contributed by atoms with Crippen molar-refractivity contribution in [3.63, 3.8) is 0 Å². The molecular weight excluding hydrogens is 322 g/mol. The van der Waals surface area contributed by atoms with Gasteiger partial charge in [0.25, 0.3) is 5.91 Å². The molecule has 4 rings (SSSR count). The lowest BCUT2D eigenvalue weighted by atomic mass is 10.1. The van der Waals surface area contributed by atoms with Crippen LogP contribution in [0.15, 0.2) is 43.0 Å². The van der Waals surface area contributed by atoms with Crippen LogP contribution in [0.5, 0.6) is 11.5 Å². The van der Waals surface area contributed by atoms with E-state index in [1.807, 2.05) is 13.2 Å². The maximum Gasteiger partial charge on any atom is 0.251 e. The average molecular weight is 337 g/mol. The van der Waals surface area contributed by atoms with Crippen LogP contribution in [-0.2, 0) is 13.6 Å². The van der Waals surface area contributed by atoms with E-state index in [1.165, 1.54) is 0 Å². The topological polar surface area (TPSA) is 91.2 Å². The highest BCUT2D eigenvalue weighted by atomic mass is 16.7. The third-order valence-corrected chi connectivity index (χ3v) is 3.80. The van der Waals surface area contributed by atoms with E-state index in [9.17, 15) is 4.79 Å². The Morgan fingerprint density at radius 3 is 2.92 bits per heavy atom. The highest BCUT2D eigenvalue weighted by Gasteiger charge is 2.17. The summed E-state index contributed by atoms with van der Waals surface area (Å²) in [6, 6.07) is 5.08. The Balaban J connectivity index is 1.51. The third-order valence-electron chi connectivity index (χ3n) is 3.80. The molecule has 3 heterocycles. The lowest BCUT2D eigenvalue weighted by molar-refractivity contribution is 0.0950. The first kappa shape index (κ1) is 15.1. The zero-order chi connectivity index (χ0) is 17.2. The van der Waals surface area contributed by atoms with Gasteiger partial charge in [-0.3, -0.25) is 19.4 Å². The molecule has 1 aliphatic rings. The van der Waals surface area contributed by atoms with Crippen LogP contribution >= 0.6 is 0 Å². The van der Waals surface area contributed by atoms with Crippen molar-refractivity contribution in [3.8, 4) is 22.8 Å². The Morgan fingerprint density at radius 2 is 2.08 bits per heavy atom. The van der Waals surface area contributed by atoms with E-state index in [4.69, 9.17) is 9.47 Å². The predicted molar refractivity (Wildman–Crippen MR) is 88.0 cm³/mol. The number of carbonyl (C=O) groups excluding carboxylic acids is 1. The summed E-state index contributed by atoms with van der Waals surface area (Å²) in [7, 11) is 1.83. The highest BCUT2D eigenvalue weighted by molar-refractivity contribution is 5.94. The van der Waals surface area contributed by atoms with Gasteiger partial charge in [-0.2, -0.15) is 5.10 Å². The van der Waals surface area contributed by atoms with Crippen molar-refractivity contribution in [2.75, 3.05) is 6.79 Å². The number of aromatic nitrogens is 4. The number of amides is 1. The van der Waals surface area contributed by atoms with E-state index < -0.39 is 0 Å². The fourth-order valence-electron chi connectivity index (χ4n) is 2.58. The molecule has 0 atom stereocenters. The summed E-state index contributed by atoms with van der Waals surface area (Å²) in [6.07, 6.45) is 6.79. The second kappa shape index (κ2) is 6.23. The highest BCUT2D eigenvalue weighted by Crippen LogP contribution is 2.32. The molecule has 1 N–H and O–H groups in total. The second-order valence-corrected chi connectivity index (χ2v) is 5.51. The van der Waals surface area contributed by atoms with Crippen LogP contribution in [0.3, 0.4) is 0 Å². The van der Waals surface area contributed by atoms with Crippen LogP contribution in [0.2, 0.25) is 0 Å². The molecule has 1 aliphatic heterocycles. The number of hydrogen-bond donors (Lipinski definition) is 1. The predicted octanol–water partition coefficient (Wildman–Crippen LogP) is 1.54. The van der Waals surface area contributed by atoms with Crippen LogP contribution in [0, 0.1) is 0 Å². The van der Waals surface area contributed by atoms with Gasteiger partial charge in [-0.15, -0.1) is 0 Å². The molecule has 2 aromatic heterocycles. The van der Waals surface area contributed by atoms with Crippen LogP contribution in [0.1, 0.15) is 16.1 Å². The first-order valence-corrected chi connectivity index (χ1v) is 7.67. The van der Waals surface area contributed by atoms with Crippen LogP contribution in [0.25, 0.3) is 11.3 Å². The van der Waals surface area contributed by atoms with Crippen molar-refractivity contribution in [1.82, 2.24) is 25.1 Å². The van der Waals surface area contributed by atoms with Gasteiger partial charge >= 0.3 is 0 Å². The summed E-state index contributed by atoms with van der Waals surface area (Å²) >= 11 is 0. The summed E-state index contributed by atoms with van der Waals surface area (Å²) in [5.41, 5.74) is 2.71. The van der Waals surface area contributed by atoms with Gasteiger partial charge in [0.15, 0.2) is 11.5 Å². The molecule has 8 heteroatoms. The average Bonchev–Trinajstić information content (AvgIpc) is 3.28. The van der Waals surface area contributed by atoms with Gasteiger partial charge in [-0.05, 0) is 18.2 Å². The van der Waals surface area contributed by atoms with Crippen LogP contribution < -0.4 is 14.8 Å². The number of fused-ring (bicyclic) bond motifs is 1. The molecule has 126 valence electrons. The molecule has 0 bridgehead atoms. The van der Waals surface area contributed by atoms with Crippen LogP contribution in [-0.4, -0.2) is 32.4 Å².